The smallest absolute Gasteiger partial charge is 0.253 e. The van der Waals surface area contributed by atoms with Crippen LogP contribution in [0.2, 0.25) is 5.02 Å². The second kappa shape index (κ2) is 5.46. The van der Waals surface area contributed by atoms with Crippen molar-refractivity contribution in [1.82, 2.24) is 5.32 Å². The zero-order valence-electron chi connectivity index (χ0n) is 10.6. The van der Waals surface area contributed by atoms with Crippen LogP contribution in [0, 0.1) is 16.0 Å². The van der Waals surface area contributed by atoms with E-state index in [4.69, 9.17) is 11.6 Å². The van der Waals surface area contributed by atoms with E-state index in [1.54, 1.807) is 0 Å². The second-order valence-electron chi connectivity index (χ2n) is 4.45. The van der Waals surface area contributed by atoms with Crippen molar-refractivity contribution in [1.29, 1.82) is 0 Å². The molecule has 20 heavy (non-hydrogen) atoms. The van der Waals surface area contributed by atoms with Gasteiger partial charge in [0.15, 0.2) is 0 Å². The first-order chi connectivity index (χ1) is 9.43. The Kier molecular flexibility index (Phi) is 3.89. The number of hydrogen-bond donors (Lipinski definition) is 2. The Morgan fingerprint density at radius 3 is 2.70 bits per heavy atom. The highest BCUT2D eigenvalue weighted by atomic mass is 35.5. The quantitative estimate of drug-likeness (QED) is 0.646. The van der Waals surface area contributed by atoms with Gasteiger partial charge in [-0.05, 0) is 18.2 Å². The first kappa shape index (κ1) is 14.3. The third kappa shape index (κ3) is 2.88. The summed E-state index contributed by atoms with van der Waals surface area (Å²) < 4.78 is 0. The van der Waals surface area contributed by atoms with Gasteiger partial charge in [-0.25, -0.2) is 0 Å². The molecule has 2 atom stereocenters. The molecule has 2 rings (SSSR count). The van der Waals surface area contributed by atoms with Crippen molar-refractivity contribution in [3.05, 3.63) is 38.9 Å². The summed E-state index contributed by atoms with van der Waals surface area (Å²) in [7, 11) is 1.46. The SMILES string of the molecule is CNC(=O)c1ccc(Cl)cc1NC(=O)[C@@H]1C[C@@H]1[N+](=O)[O-]. The molecule has 106 valence electrons. The number of benzene rings is 1. The van der Waals surface area contributed by atoms with Gasteiger partial charge in [-0.1, -0.05) is 11.6 Å². The Labute approximate surface area is 119 Å². The van der Waals surface area contributed by atoms with E-state index >= 15 is 0 Å². The van der Waals surface area contributed by atoms with Crippen LogP contribution in [0.5, 0.6) is 0 Å². The Morgan fingerprint density at radius 2 is 2.15 bits per heavy atom. The van der Waals surface area contributed by atoms with E-state index < -0.39 is 22.8 Å². The summed E-state index contributed by atoms with van der Waals surface area (Å²) in [4.78, 5) is 33.6. The van der Waals surface area contributed by atoms with E-state index in [0.717, 1.165) is 0 Å². The molecule has 0 radical (unpaired) electrons. The van der Waals surface area contributed by atoms with Crippen LogP contribution in [-0.2, 0) is 4.79 Å². The van der Waals surface area contributed by atoms with Crippen molar-refractivity contribution in [3.8, 4) is 0 Å². The van der Waals surface area contributed by atoms with Crippen LogP contribution in [0.4, 0.5) is 5.69 Å². The molecular weight excluding hydrogens is 286 g/mol. The van der Waals surface area contributed by atoms with E-state index in [0.29, 0.717) is 5.02 Å². The number of anilines is 1. The Balaban J connectivity index is 2.16. The van der Waals surface area contributed by atoms with Gasteiger partial charge in [0.2, 0.25) is 11.9 Å². The largest absolute Gasteiger partial charge is 0.355 e. The van der Waals surface area contributed by atoms with Gasteiger partial charge in [0.25, 0.3) is 5.91 Å². The third-order valence-electron chi connectivity index (χ3n) is 3.08. The average Bonchev–Trinajstić information content (AvgIpc) is 3.18. The first-order valence-corrected chi connectivity index (χ1v) is 6.28. The van der Waals surface area contributed by atoms with E-state index in [2.05, 4.69) is 10.6 Å². The monoisotopic (exact) mass is 297 g/mol. The molecular formula is C12H12ClN3O4. The summed E-state index contributed by atoms with van der Waals surface area (Å²) in [6, 6.07) is 3.61. The highest BCUT2D eigenvalue weighted by molar-refractivity contribution is 6.31. The fourth-order valence-corrected chi connectivity index (χ4v) is 2.05. The molecule has 0 bridgehead atoms. The molecule has 1 aliphatic rings. The van der Waals surface area contributed by atoms with Crippen LogP contribution >= 0.6 is 11.6 Å². The lowest BCUT2D eigenvalue weighted by molar-refractivity contribution is -0.497. The van der Waals surface area contributed by atoms with Gasteiger partial charge in [-0.15, -0.1) is 0 Å². The number of nitrogens with one attached hydrogen (secondary N) is 2. The highest BCUT2D eigenvalue weighted by Gasteiger charge is 2.53. The zero-order valence-corrected chi connectivity index (χ0v) is 11.3. The predicted octanol–water partition coefficient (Wildman–Crippen LogP) is 1.30. The van der Waals surface area contributed by atoms with Crippen LogP contribution in [-0.4, -0.2) is 29.8 Å². The number of carbonyl (C=O) groups excluding carboxylic acids is 2. The van der Waals surface area contributed by atoms with Crippen molar-refractivity contribution in [2.24, 2.45) is 5.92 Å². The lowest BCUT2D eigenvalue weighted by Gasteiger charge is -2.10. The second-order valence-corrected chi connectivity index (χ2v) is 4.89. The lowest BCUT2D eigenvalue weighted by atomic mass is 10.1. The van der Waals surface area contributed by atoms with Crippen molar-refractivity contribution in [2.45, 2.75) is 12.5 Å². The topological polar surface area (TPSA) is 101 Å². The Hall–Kier alpha value is -2.15. The molecule has 1 aromatic carbocycles. The van der Waals surface area contributed by atoms with Gasteiger partial charge >= 0.3 is 0 Å². The summed E-state index contributed by atoms with van der Waals surface area (Å²) in [5.74, 6) is -1.50. The normalized spacial score (nSPS) is 20.1. The third-order valence-corrected chi connectivity index (χ3v) is 3.31. The maximum Gasteiger partial charge on any atom is 0.253 e. The first-order valence-electron chi connectivity index (χ1n) is 5.90. The van der Waals surface area contributed by atoms with Crippen LogP contribution < -0.4 is 10.6 Å². The fourth-order valence-electron chi connectivity index (χ4n) is 1.87. The number of nitro groups is 1. The molecule has 0 saturated heterocycles. The summed E-state index contributed by atoms with van der Waals surface area (Å²) in [6.07, 6.45) is 0.217. The van der Waals surface area contributed by atoms with E-state index in [-0.39, 0.29) is 23.6 Å². The molecule has 2 amide bonds. The van der Waals surface area contributed by atoms with Crippen LogP contribution in [0.25, 0.3) is 0 Å². The van der Waals surface area contributed by atoms with Gasteiger partial charge < -0.3 is 10.6 Å². The summed E-state index contributed by atoms with van der Waals surface area (Å²) >= 11 is 5.83. The average molecular weight is 298 g/mol. The number of rotatable bonds is 4. The maximum absolute atomic E-state index is 11.9. The minimum atomic E-state index is -0.836. The standard InChI is InChI=1S/C12H12ClN3O4/c1-14-11(17)7-3-2-6(13)4-9(7)15-12(18)8-5-10(8)16(19)20/h2-4,8,10H,5H2,1H3,(H,14,17)(H,15,18)/t8-,10+/m1/s1. The van der Waals surface area contributed by atoms with E-state index in [1.165, 1.54) is 25.2 Å². The highest BCUT2D eigenvalue weighted by Crippen LogP contribution is 2.34. The number of halogens is 1. The van der Waals surface area contributed by atoms with E-state index in [1.807, 2.05) is 0 Å². The summed E-state index contributed by atoms with van der Waals surface area (Å²) in [5.41, 5.74) is 0.499. The molecule has 2 N–H and O–H groups in total. The summed E-state index contributed by atoms with van der Waals surface area (Å²) in [5, 5.41) is 15.9. The fraction of sp³-hybridized carbons (Fsp3) is 0.333. The molecule has 0 spiro atoms. The molecule has 7 nitrogen and oxygen atoms in total. The molecule has 0 aromatic heterocycles. The Bertz CT molecular complexity index is 590. The van der Waals surface area contributed by atoms with Crippen molar-refractivity contribution in [3.63, 3.8) is 0 Å². The minimum absolute atomic E-state index is 0.217. The van der Waals surface area contributed by atoms with Gasteiger partial charge in [0.1, 0.15) is 5.92 Å². The molecule has 1 aromatic rings. The van der Waals surface area contributed by atoms with Gasteiger partial charge in [-0.2, -0.15) is 0 Å². The maximum atomic E-state index is 11.9. The molecule has 1 aliphatic carbocycles. The molecule has 0 heterocycles. The molecule has 1 saturated carbocycles. The predicted molar refractivity (Wildman–Crippen MR) is 72.4 cm³/mol. The number of carbonyl (C=O) groups is 2. The van der Waals surface area contributed by atoms with Gasteiger partial charge in [0, 0.05) is 23.4 Å². The lowest BCUT2D eigenvalue weighted by Crippen LogP contribution is -2.23. The van der Waals surface area contributed by atoms with Crippen molar-refractivity contribution < 1.29 is 14.5 Å². The van der Waals surface area contributed by atoms with E-state index in [9.17, 15) is 19.7 Å². The van der Waals surface area contributed by atoms with Gasteiger partial charge in [0.05, 0.1) is 11.3 Å². The van der Waals surface area contributed by atoms with Crippen LogP contribution in [0.1, 0.15) is 16.8 Å². The number of nitrogens with zero attached hydrogens (tertiary/aromatic N) is 1. The van der Waals surface area contributed by atoms with Crippen LogP contribution in [0.15, 0.2) is 18.2 Å². The minimum Gasteiger partial charge on any atom is -0.355 e. The number of amides is 2. The zero-order chi connectivity index (χ0) is 14.9. The number of hydrogen-bond acceptors (Lipinski definition) is 4. The van der Waals surface area contributed by atoms with Crippen LogP contribution in [0.3, 0.4) is 0 Å². The Morgan fingerprint density at radius 1 is 1.45 bits per heavy atom. The van der Waals surface area contributed by atoms with Crippen molar-refractivity contribution in [2.75, 3.05) is 12.4 Å². The molecule has 0 unspecified atom stereocenters. The molecule has 0 aliphatic heterocycles. The molecule has 8 heteroatoms. The summed E-state index contributed by atoms with van der Waals surface area (Å²) in [6.45, 7) is 0. The van der Waals surface area contributed by atoms with Gasteiger partial charge in [-0.3, -0.25) is 19.7 Å². The van der Waals surface area contributed by atoms with Crippen molar-refractivity contribution >= 4 is 29.1 Å². The molecule has 1 fully saturated rings.